The molecule has 0 bridgehead atoms. The van der Waals surface area contributed by atoms with Gasteiger partial charge in [0.15, 0.2) is 11.5 Å². The Morgan fingerprint density at radius 1 is 1.18 bits per heavy atom. The normalized spacial score (nSPS) is 10.2. The first kappa shape index (κ1) is 13.4. The van der Waals surface area contributed by atoms with Gasteiger partial charge in [0.25, 0.3) is 0 Å². The largest absolute Gasteiger partial charge is 0.511 e. The highest BCUT2D eigenvalue weighted by molar-refractivity contribution is 5.65. The fourth-order valence-corrected chi connectivity index (χ4v) is 1.79. The Bertz CT molecular complexity index is 399. The standard InChI is InChI=1S/C13H18O4/c1-3-5-9-7-8-10(6-4-2)12(11(9)14)17-13(15)16/h7-8,14H,3-6H2,1-2H3,(H,15,16). The Labute approximate surface area is 101 Å². The van der Waals surface area contributed by atoms with Crippen LogP contribution >= 0.6 is 0 Å². The van der Waals surface area contributed by atoms with E-state index in [0.717, 1.165) is 24.0 Å². The number of benzene rings is 1. The highest BCUT2D eigenvalue weighted by Crippen LogP contribution is 2.35. The van der Waals surface area contributed by atoms with Gasteiger partial charge in [-0.05, 0) is 24.0 Å². The number of aryl methyl sites for hydroxylation is 2. The summed E-state index contributed by atoms with van der Waals surface area (Å²) >= 11 is 0. The van der Waals surface area contributed by atoms with Crippen molar-refractivity contribution in [2.45, 2.75) is 39.5 Å². The van der Waals surface area contributed by atoms with E-state index in [1.165, 1.54) is 0 Å². The summed E-state index contributed by atoms with van der Waals surface area (Å²) in [6.07, 6.45) is 1.73. The quantitative estimate of drug-likeness (QED) is 0.609. The first-order chi connectivity index (χ1) is 8.10. The molecule has 0 aromatic heterocycles. The van der Waals surface area contributed by atoms with E-state index >= 15 is 0 Å². The molecule has 0 saturated heterocycles. The van der Waals surface area contributed by atoms with E-state index in [2.05, 4.69) is 4.74 Å². The number of carbonyl (C=O) groups is 1. The molecule has 0 spiro atoms. The molecule has 0 heterocycles. The average Bonchev–Trinajstić information content (AvgIpc) is 2.27. The second-order valence-corrected chi connectivity index (χ2v) is 3.93. The molecular weight excluding hydrogens is 220 g/mol. The van der Waals surface area contributed by atoms with Crippen molar-refractivity contribution in [3.05, 3.63) is 23.3 Å². The van der Waals surface area contributed by atoms with Gasteiger partial charge in [0.05, 0.1) is 0 Å². The van der Waals surface area contributed by atoms with Crippen LogP contribution in [-0.2, 0) is 12.8 Å². The summed E-state index contributed by atoms with van der Waals surface area (Å²) in [6, 6.07) is 3.66. The lowest BCUT2D eigenvalue weighted by molar-refractivity contribution is 0.142. The third kappa shape index (κ3) is 3.37. The molecule has 0 radical (unpaired) electrons. The maximum atomic E-state index is 10.6. The van der Waals surface area contributed by atoms with E-state index in [4.69, 9.17) is 5.11 Å². The Hall–Kier alpha value is -1.71. The van der Waals surface area contributed by atoms with Crippen molar-refractivity contribution in [2.24, 2.45) is 0 Å². The van der Waals surface area contributed by atoms with Crippen LogP contribution in [0.1, 0.15) is 37.8 Å². The SMILES string of the molecule is CCCc1ccc(CCC)c(OC(=O)O)c1O. The van der Waals surface area contributed by atoms with Crippen LogP contribution in [-0.4, -0.2) is 16.4 Å². The van der Waals surface area contributed by atoms with Crippen LogP contribution in [0.2, 0.25) is 0 Å². The number of phenolic OH excluding ortho intramolecular Hbond substituents is 1. The van der Waals surface area contributed by atoms with Crippen molar-refractivity contribution in [2.75, 3.05) is 0 Å². The molecule has 0 aliphatic rings. The van der Waals surface area contributed by atoms with Crippen LogP contribution in [0, 0.1) is 0 Å². The number of carboxylic acid groups (broad SMARTS) is 1. The minimum absolute atomic E-state index is 0.0415. The predicted octanol–water partition coefficient (Wildman–Crippen LogP) is 3.35. The van der Waals surface area contributed by atoms with Gasteiger partial charge >= 0.3 is 6.16 Å². The number of aromatic hydroxyl groups is 1. The highest BCUT2D eigenvalue weighted by Gasteiger charge is 2.16. The summed E-state index contributed by atoms with van der Waals surface area (Å²) in [7, 11) is 0. The minimum atomic E-state index is -1.40. The fraction of sp³-hybridized carbons (Fsp3) is 0.462. The number of hydrogen-bond donors (Lipinski definition) is 2. The van der Waals surface area contributed by atoms with E-state index in [9.17, 15) is 9.90 Å². The molecule has 4 heteroatoms. The number of phenols is 1. The summed E-state index contributed by atoms with van der Waals surface area (Å²) in [5.74, 6) is 0.0468. The predicted molar refractivity (Wildman–Crippen MR) is 64.7 cm³/mol. The Morgan fingerprint density at radius 2 is 1.71 bits per heavy atom. The molecule has 0 aliphatic carbocycles. The Balaban J connectivity index is 3.15. The van der Waals surface area contributed by atoms with Crippen LogP contribution in [0.15, 0.2) is 12.1 Å². The van der Waals surface area contributed by atoms with E-state index in [1.54, 1.807) is 0 Å². The van der Waals surface area contributed by atoms with Crippen molar-refractivity contribution in [3.8, 4) is 11.5 Å². The van der Waals surface area contributed by atoms with Crippen LogP contribution in [0.5, 0.6) is 11.5 Å². The zero-order valence-electron chi connectivity index (χ0n) is 10.2. The molecule has 1 rings (SSSR count). The average molecular weight is 238 g/mol. The van der Waals surface area contributed by atoms with Crippen molar-refractivity contribution in [1.29, 1.82) is 0 Å². The molecule has 0 unspecified atom stereocenters. The first-order valence-electron chi connectivity index (χ1n) is 5.84. The lowest BCUT2D eigenvalue weighted by Gasteiger charge is -2.12. The Kier molecular flexibility index (Phi) is 4.82. The zero-order valence-corrected chi connectivity index (χ0v) is 10.2. The summed E-state index contributed by atoms with van der Waals surface area (Å²) in [5, 5.41) is 18.7. The van der Waals surface area contributed by atoms with Gasteiger partial charge in [-0.1, -0.05) is 38.8 Å². The molecule has 0 saturated carbocycles. The van der Waals surface area contributed by atoms with E-state index in [1.807, 2.05) is 26.0 Å². The summed E-state index contributed by atoms with van der Waals surface area (Å²) < 4.78 is 4.68. The lowest BCUT2D eigenvalue weighted by Crippen LogP contribution is -2.06. The minimum Gasteiger partial charge on any atom is -0.504 e. The van der Waals surface area contributed by atoms with Gasteiger partial charge in [-0.15, -0.1) is 0 Å². The van der Waals surface area contributed by atoms with Gasteiger partial charge < -0.3 is 14.9 Å². The van der Waals surface area contributed by atoms with E-state index < -0.39 is 6.16 Å². The molecule has 1 aromatic rings. The maximum absolute atomic E-state index is 10.6. The lowest BCUT2D eigenvalue weighted by atomic mass is 10.0. The van der Waals surface area contributed by atoms with Gasteiger partial charge in [0.2, 0.25) is 0 Å². The zero-order chi connectivity index (χ0) is 12.8. The van der Waals surface area contributed by atoms with Crippen molar-refractivity contribution in [3.63, 3.8) is 0 Å². The van der Waals surface area contributed by atoms with Gasteiger partial charge in [0, 0.05) is 0 Å². The second kappa shape index (κ2) is 6.13. The number of ether oxygens (including phenoxy) is 1. The van der Waals surface area contributed by atoms with Gasteiger partial charge in [-0.3, -0.25) is 0 Å². The molecule has 0 atom stereocenters. The van der Waals surface area contributed by atoms with Gasteiger partial charge in [-0.2, -0.15) is 0 Å². The second-order valence-electron chi connectivity index (χ2n) is 3.93. The number of hydrogen-bond acceptors (Lipinski definition) is 3. The van der Waals surface area contributed by atoms with Crippen LogP contribution in [0.25, 0.3) is 0 Å². The third-order valence-corrected chi connectivity index (χ3v) is 2.52. The van der Waals surface area contributed by atoms with Crippen LogP contribution < -0.4 is 4.74 Å². The Morgan fingerprint density at radius 3 is 2.24 bits per heavy atom. The monoisotopic (exact) mass is 238 g/mol. The molecule has 4 nitrogen and oxygen atoms in total. The fourth-order valence-electron chi connectivity index (χ4n) is 1.79. The molecule has 0 aliphatic heterocycles. The first-order valence-corrected chi connectivity index (χ1v) is 5.84. The highest BCUT2D eigenvalue weighted by atomic mass is 16.7. The van der Waals surface area contributed by atoms with Crippen LogP contribution in [0.3, 0.4) is 0 Å². The number of rotatable bonds is 5. The summed E-state index contributed by atoms with van der Waals surface area (Å²) in [4.78, 5) is 10.6. The topological polar surface area (TPSA) is 66.8 Å². The van der Waals surface area contributed by atoms with Gasteiger partial charge in [0.1, 0.15) is 0 Å². The van der Waals surface area contributed by atoms with Crippen molar-refractivity contribution in [1.82, 2.24) is 0 Å². The molecule has 0 amide bonds. The summed E-state index contributed by atoms with van der Waals surface area (Å²) in [6.45, 7) is 3.98. The van der Waals surface area contributed by atoms with E-state index in [0.29, 0.717) is 12.8 Å². The van der Waals surface area contributed by atoms with Crippen molar-refractivity contribution >= 4 is 6.16 Å². The summed E-state index contributed by atoms with van der Waals surface area (Å²) in [5.41, 5.74) is 1.45. The molecular formula is C13H18O4. The smallest absolute Gasteiger partial charge is 0.504 e. The van der Waals surface area contributed by atoms with Crippen molar-refractivity contribution < 1.29 is 19.7 Å². The molecule has 2 N–H and O–H groups in total. The molecule has 17 heavy (non-hydrogen) atoms. The third-order valence-electron chi connectivity index (χ3n) is 2.52. The molecule has 1 aromatic carbocycles. The van der Waals surface area contributed by atoms with E-state index in [-0.39, 0.29) is 11.5 Å². The van der Waals surface area contributed by atoms with Crippen LogP contribution in [0.4, 0.5) is 4.79 Å². The molecule has 94 valence electrons. The molecule has 0 fully saturated rings. The van der Waals surface area contributed by atoms with Gasteiger partial charge in [-0.25, -0.2) is 4.79 Å². The maximum Gasteiger partial charge on any atom is 0.511 e.